The Labute approximate surface area is 211 Å². The summed E-state index contributed by atoms with van der Waals surface area (Å²) in [5.74, 6) is -0.663. The Balaban J connectivity index is 1.73. The van der Waals surface area contributed by atoms with E-state index in [1.165, 1.54) is 36.5 Å². The van der Waals surface area contributed by atoms with Gasteiger partial charge in [-0.15, -0.1) is 0 Å². The maximum atomic E-state index is 13.6. The zero-order valence-electron chi connectivity index (χ0n) is 20.2. The summed E-state index contributed by atoms with van der Waals surface area (Å²) in [4.78, 5) is 33.1. The number of para-hydroxylation sites is 1. The van der Waals surface area contributed by atoms with Crippen molar-refractivity contribution in [2.24, 2.45) is 0 Å². The van der Waals surface area contributed by atoms with E-state index in [9.17, 15) is 14.7 Å². The third-order valence-corrected chi connectivity index (χ3v) is 7.22. The van der Waals surface area contributed by atoms with E-state index in [2.05, 4.69) is 11.9 Å². The van der Waals surface area contributed by atoms with Crippen molar-refractivity contribution < 1.29 is 28.6 Å². The molecule has 0 saturated heterocycles. The molecule has 1 aliphatic heterocycles. The molecule has 0 spiro atoms. The summed E-state index contributed by atoms with van der Waals surface area (Å²) >= 11 is 1.31. The summed E-state index contributed by atoms with van der Waals surface area (Å²) in [6, 6.07) is 13.3. The first-order valence-electron chi connectivity index (χ1n) is 11.4. The van der Waals surface area contributed by atoms with Gasteiger partial charge in [-0.2, -0.15) is 0 Å². The molecule has 2 aromatic carbocycles. The van der Waals surface area contributed by atoms with Gasteiger partial charge >= 0.3 is 0 Å². The molecule has 4 aromatic rings. The number of benzene rings is 2. The Kier molecular flexibility index (Phi) is 6.01. The van der Waals surface area contributed by atoms with E-state index in [0.717, 1.165) is 22.2 Å². The van der Waals surface area contributed by atoms with Gasteiger partial charge in [0.15, 0.2) is 28.1 Å². The van der Waals surface area contributed by atoms with Gasteiger partial charge in [-0.25, -0.2) is 4.98 Å². The first kappa shape index (κ1) is 23.6. The van der Waals surface area contributed by atoms with Crippen LogP contribution in [0.5, 0.6) is 11.5 Å². The van der Waals surface area contributed by atoms with Crippen molar-refractivity contribution in [3.63, 3.8) is 0 Å². The number of anilines is 1. The minimum absolute atomic E-state index is 0.0208. The van der Waals surface area contributed by atoms with E-state index in [4.69, 9.17) is 13.9 Å². The number of furan rings is 1. The van der Waals surface area contributed by atoms with Crippen molar-refractivity contribution in [3.05, 3.63) is 82.5 Å². The minimum Gasteiger partial charge on any atom is -0.503 e. The highest BCUT2D eigenvalue weighted by molar-refractivity contribution is 7.22. The number of hydrogen-bond acceptors (Lipinski definition) is 8. The molecule has 1 N–H and O–H groups in total. The molecular weight excluding hydrogens is 480 g/mol. The number of thiazole rings is 1. The molecule has 0 unspecified atom stereocenters. The van der Waals surface area contributed by atoms with Gasteiger partial charge in [0.2, 0.25) is 5.78 Å². The van der Waals surface area contributed by atoms with Crippen molar-refractivity contribution in [2.75, 3.05) is 19.1 Å². The van der Waals surface area contributed by atoms with Crippen LogP contribution < -0.4 is 14.4 Å². The molecule has 2 aromatic heterocycles. The molecular formula is C27H24N2O6S. The minimum atomic E-state index is -1.02. The van der Waals surface area contributed by atoms with Crippen molar-refractivity contribution in [1.82, 2.24) is 4.98 Å². The number of aromatic nitrogens is 1. The Morgan fingerprint density at radius 3 is 2.64 bits per heavy atom. The number of ether oxygens (including phenoxy) is 2. The number of methoxy groups -OCH3 is 2. The van der Waals surface area contributed by atoms with E-state index in [1.54, 1.807) is 31.2 Å². The molecule has 0 aliphatic carbocycles. The molecule has 0 fully saturated rings. The number of carbonyl (C=O) groups is 2. The van der Waals surface area contributed by atoms with Gasteiger partial charge in [-0.1, -0.05) is 36.5 Å². The van der Waals surface area contributed by atoms with Crippen LogP contribution in [0.3, 0.4) is 0 Å². The van der Waals surface area contributed by atoms with Crippen molar-refractivity contribution >= 4 is 38.4 Å². The van der Waals surface area contributed by atoms with Crippen LogP contribution in [0.4, 0.5) is 5.13 Å². The normalized spacial score (nSPS) is 15.7. The van der Waals surface area contributed by atoms with Crippen LogP contribution in [0.25, 0.3) is 10.2 Å². The maximum Gasteiger partial charge on any atom is 0.296 e. The summed E-state index contributed by atoms with van der Waals surface area (Å²) in [6.45, 7) is 3.78. The van der Waals surface area contributed by atoms with E-state index in [-0.39, 0.29) is 11.3 Å². The number of fused-ring (bicyclic) bond motifs is 1. The lowest BCUT2D eigenvalue weighted by atomic mass is 9.94. The molecule has 0 saturated carbocycles. The first-order valence-corrected chi connectivity index (χ1v) is 12.2. The summed E-state index contributed by atoms with van der Waals surface area (Å²) in [7, 11) is 2.98. The van der Waals surface area contributed by atoms with Gasteiger partial charge in [0, 0.05) is 5.56 Å². The van der Waals surface area contributed by atoms with Crippen molar-refractivity contribution in [3.8, 4) is 11.5 Å². The van der Waals surface area contributed by atoms with Crippen LogP contribution in [-0.2, 0) is 11.2 Å². The zero-order valence-corrected chi connectivity index (χ0v) is 21.0. The Hall–Kier alpha value is -4.11. The maximum absolute atomic E-state index is 13.6. The number of aliphatic hydroxyl groups is 1. The van der Waals surface area contributed by atoms with Gasteiger partial charge < -0.3 is 19.0 Å². The number of Topliss-reactive ketones (excluding diaryl/α,β-unsaturated/α-hetero) is 1. The van der Waals surface area contributed by atoms with E-state index >= 15 is 0 Å². The summed E-state index contributed by atoms with van der Waals surface area (Å²) in [5.41, 5.74) is 2.21. The summed E-state index contributed by atoms with van der Waals surface area (Å²) < 4.78 is 17.6. The van der Waals surface area contributed by atoms with Gasteiger partial charge in [0.1, 0.15) is 11.8 Å². The fourth-order valence-corrected chi connectivity index (χ4v) is 5.48. The zero-order chi connectivity index (χ0) is 25.6. The molecule has 1 aliphatic rings. The van der Waals surface area contributed by atoms with E-state index in [1.807, 2.05) is 18.2 Å². The number of aryl methyl sites for hydroxylation is 2. The third kappa shape index (κ3) is 3.72. The molecule has 184 valence electrons. The lowest BCUT2D eigenvalue weighted by Gasteiger charge is -2.26. The number of aliphatic hydroxyl groups excluding tert-OH is 1. The Morgan fingerprint density at radius 1 is 1.17 bits per heavy atom. The van der Waals surface area contributed by atoms with E-state index in [0.29, 0.717) is 28.0 Å². The lowest BCUT2D eigenvalue weighted by molar-refractivity contribution is -0.117. The fourth-order valence-electron chi connectivity index (χ4n) is 4.43. The quantitative estimate of drug-likeness (QED) is 0.329. The summed E-state index contributed by atoms with van der Waals surface area (Å²) in [5, 5.41) is 11.4. The second-order valence-corrected chi connectivity index (χ2v) is 9.32. The number of ketones is 1. The van der Waals surface area contributed by atoms with Crippen LogP contribution >= 0.6 is 11.3 Å². The largest absolute Gasteiger partial charge is 0.503 e. The standard InChI is InChI=1S/C27H24N2O6S/c1-5-15-10-11-17-20(13-15)36-27(28-17)29-22(16-7-6-8-19(33-3)25(16)34-4)21(24(31)26(29)32)23(30)18-12-9-14(2)35-18/h6-13,22,31H,5H2,1-4H3/t22-/m1/s1. The van der Waals surface area contributed by atoms with Crippen LogP contribution in [0.15, 0.2) is 64.3 Å². The number of hydrogen-bond donors (Lipinski definition) is 1. The topological polar surface area (TPSA) is 102 Å². The number of nitrogens with zero attached hydrogens (tertiary/aromatic N) is 2. The predicted octanol–water partition coefficient (Wildman–Crippen LogP) is 5.56. The predicted molar refractivity (Wildman–Crippen MR) is 136 cm³/mol. The molecule has 0 bridgehead atoms. The van der Waals surface area contributed by atoms with Crippen LogP contribution in [0, 0.1) is 6.92 Å². The molecule has 3 heterocycles. The third-order valence-electron chi connectivity index (χ3n) is 6.20. The van der Waals surface area contributed by atoms with E-state index < -0.39 is 23.5 Å². The van der Waals surface area contributed by atoms with Gasteiger partial charge in [0.25, 0.3) is 5.91 Å². The second kappa shape index (κ2) is 9.16. The van der Waals surface area contributed by atoms with Crippen LogP contribution in [0.2, 0.25) is 0 Å². The number of amides is 1. The number of carbonyl (C=O) groups excluding carboxylic acids is 2. The molecule has 9 heteroatoms. The molecule has 5 rings (SSSR count). The second-order valence-electron chi connectivity index (χ2n) is 8.31. The lowest BCUT2D eigenvalue weighted by Crippen LogP contribution is -2.31. The molecule has 1 amide bonds. The molecule has 8 nitrogen and oxygen atoms in total. The average Bonchev–Trinajstić information content (AvgIpc) is 3.58. The van der Waals surface area contributed by atoms with Crippen molar-refractivity contribution in [2.45, 2.75) is 26.3 Å². The number of rotatable bonds is 7. The monoisotopic (exact) mass is 504 g/mol. The first-order chi connectivity index (χ1) is 17.4. The molecule has 36 heavy (non-hydrogen) atoms. The fraction of sp³-hybridized carbons (Fsp3) is 0.222. The highest BCUT2D eigenvalue weighted by Gasteiger charge is 2.47. The summed E-state index contributed by atoms with van der Waals surface area (Å²) in [6.07, 6.45) is 0.860. The average molecular weight is 505 g/mol. The SMILES string of the molecule is CCc1ccc2nc(N3C(=O)C(O)=C(C(=O)c4ccc(C)o4)[C@H]3c3cccc(OC)c3OC)sc2c1. The highest BCUT2D eigenvalue weighted by Crippen LogP contribution is 2.48. The van der Waals surface area contributed by atoms with Crippen molar-refractivity contribution in [1.29, 1.82) is 0 Å². The van der Waals surface area contributed by atoms with Gasteiger partial charge in [-0.3, -0.25) is 14.5 Å². The smallest absolute Gasteiger partial charge is 0.296 e. The van der Waals surface area contributed by atoms with Gasteiger partial charge in [-0.05, 0) is 49.2 Å². The molecule has 1 atom stereocenters. The van der Waals surface area contributed by atoms with Crippen LogP contribution in [0.1, 0.15) is 40.4 Å². The van der Waals surface area contributed by atoms with Gasteiger partial charge in [0.05, 0.1) is 30.0 Å². The Morgan fingerprint density at radius 2 is 1.97 bits per heavy atom. The van der Waals surface area contributed by atoms with Crippen LogP contribution in [-0.4, -0.2) is 36.0 Å². The Bertz CT molecular complexity index is 1530. The molecule has 0 radical (unpaired) electrons. The highest BCUT2D eigenvalue weighted by atomic mass is 32.1.